The number of hydrogen-bond acceptors (Lipinski definition) is 7. The number of aromatic nitrogens is 4. The molecule has 4 N–H and O–H groups in total. The number of phosphoric acid groups is 1. The third kappa shape index (κ3) is 3.10. The Kier molecular flexibility index (Phi) is 4.12. The fourth-order valence-corrected chi connectivity index (χ4v) is 2.84. The molecular weight excluding hydrogens is 335 g/mol. The van der Waals surface area contributed by atoms with Crippen LogP contribution in [0, 0.1) is 4.64 Å². The molecular formula is C10H13N4O6PS. The maximum atomic E-state index is 10.7. The summed E-state index contributed by atoms with van der Waals surface area (Å²) in [7, 11) is -4.61. The molecule has 2 aromatic heterocycles. The summed E-state index contributed by atoms with van der Waals surface area (Å²) in [4.78, 5) is 28.4. The number of ether oxygens (including phenoxy) is 1. The van der Waals surface area contributed by atoms with E-state index in [9.17, 15) is 9.67 Å². The van der Waals surface area contributed by atoms with E-state index >= 15 is 0 Å². The minimum Gasteiger partial charge on any atom is -0.390 e. The lowest BCUT2D eigenvalue weighted by atomic mass is 10.2. The van der Waals surface area contributed by atoms with Crippen molar-refractivity contribution in [3.63, 3.8) is 0 Å². The topological polar surface area (TPSA) is 143 Å². The lowest BCUT2D eigenvalue weighted by Crippen LogP contribution is -2.25. The number of fused-ring (bicyclic) bond motifs is 1. The zero-order chi connectivity index (χ0) is 15.9. The predicted octanol–water partition coefficient (Wildman–Crippen LogP) is 0.247. The number of phosphoric ester groups is 1. The first-order chi connectivity index (χ1) is 10.3. The van der Waals surface area contributed by atoms with Gasteiger partial charge in [0.25, 0.3) is 0 Å². The fraction of sp³-hybridized carbons (Fsp3) is 0.500. The van der Waals surface area contributed by atoms with Crippen molar-refractivity contribution in [2.75, 3.05) is 6.61 Å². The first-order valence-electron chi connectivity index (χ1n) is 6.29. The Labute approximate surface area is 129 Å². The number of hydrogen-bond donors (Lipinski definition) is 4. The second-order valence-electron chi connectivity index (χ2n) is 4.78. The van der Waals surface area contributed by atoms with Crippen molar-refractivity contribution in [2.45, 2.75) is 24.9 Å². The van der Waals surface area contributed by atoms with Crippen molar-refractivity contribution in [3.8, 4) is 0 Å². The van der Waals surface area contributed by atoms with Crippen LogP contribution < -0.4 is 0 Å². The van der Waals surface area contributed by atoms with Gasteiger partial charge in [-0.05, 0) is 0 Å². The van der Waals surface area contributed by atoms with Crippen LogP contribution in [0.3, 0.4) is 0 Å². The lowest BCUT2D eigenvalue weighted by Gasteiger charge is -2.16. The second kappa shape index (κ2) is 5.78. The van der Waals surface area contributed by atoms with Crippen molar-refractivity contribution >= 4 is 31.2 Å². The summed E-state index contributed by atoms with van der Waals surface area (Å²) < 4.78 is 22.7. The number of aliphatic hydroxyl groups excluding tert-OH is 1. The lowest BCUT2D eigenvalue weighted by molar-refractivity contribution is -0.0424. The van der Waals surface area contributed by atoms with Crippen molar-refractivity contribution in [1.82, 2.24) is 19.5 Å². The quantitative estimate of drug-likeness (QED) is 0.451. The molecule has 10 nitrogen and oxygen atoms in total. The number of rotatable bonds is 4. The number of aromatic amines is 1. The van der Waals surface area contributed by atoms with Gasteiger partial charge in [0, 0.05) is 6.42 Å². The summed E-state index contributed by atoms with van der Waals surface area (Å²) in [5, 5.41) is 9.95. The molecule has 12 heteroatoms. The SMILES string of the molecule is O=P(O)(O)OC[C@H]1O[C@@H](n2cnc3c(=S)nc[nH]c32)C[C@@H]1O. The molecule has 1 aliphatic rings. The van der Waals surface area contributed by atoms with Crippen molar-refractivity contribution in [3.05, 3.63) is 17.3 Å². The van der Waals surface area contributed by atoms with Gasteiger partial charge < -0.3 is 24.6 Å². The zero-order valence-electron chi connectivity index (χ0n) is 11.1. The van der Waals surface area contributed by atoms with Gasteiger partial charge in [0.05, 0.1) is 25.4 Å². The van der Waals surface area contributed by atoms with Crippen LogP contribution in [0.5, 0.6) is 0 Å². The molecule has 3 rings (SSSR count). The number of nitrogens with one attached hydrogen (secondary N) is 1. The van der Waals surface area contributed by atoms with Crippen LogP contribution >= 0.6 is 20.0 Å². The van der Waals surface area contributed by atoms with E-state index in [4.69, 9.17) is 26.7 Å². The Morgan fingerprint density at radius 2 is 2.32 bits per heavy atom. The van der Waals surface area contributed by atoms with E-state index in [2.05, 4.69) is 19.5 Å². The molecule has 0 spiro atoms. The maximum absolute atomic E-state index is 10.7. The summed E-state index contributed by atoms with van der Waals surface area (Å²) in [6, 6.07) is 0. The minimum absolute atomic E-state index is 0.226. The smallest absolute Gasteiger partial charge is 0.390 e. The molecule has 0 amide bonds. The van der Waals surface area contributed by atoms with Crippen LogP contribution in [-0.4, -0.2) is 53.2 Å². The fourth-order valence-electron chi connectivity index (χ4n) is 2.30. The van der Waals surface area contributed by atoms with Crippen molar-refractivity contribution in [1.29, 1.82) is 0 Å². The monoisotopic (exact) mass is 348 g/mol. The number of imidazole rings is 1. The van der Waals surface area contributed by atoms with Gasteiger partial charge in [-0.3, -0.25) is 9.09 Å². The summed E-state index contributed by atoms with van der Waals surface area (Å²) >= 11 is 5.07. The molecule has 0 aliphatic carbocycles. The predicted molar refractivity (Wildman–Crippen MR) is 75.2 cm³/mol. The molecule has 3 heterocycles. The van der Waals surface area contributed by atoms with Crippen LogP contribution in [0.1, 0.15) is 12.6 Å². The first kappa shape index (κ1) is 15.7. The van der Waals surface area contributed by atoms with Crippen LogP contribution in [-0.2, 0) is 13.8 Å². The number of H-pyrrole nitrogens is 1. The zero-order valence-corrected chi connectivity index (χ0v) is 12.8. The molecule has 2 aromatic rings. The normalized spacial score (nSPS) is 25.9. The number of nitrogens with zero attached hydrogens (tertiary/aromatic N) is 3. The Hall–Kier alpha value is -1.20. The first-order valence-corrected chi connectivity index (χ1v) is 8.23. The van der Waals surface area contributed by atoms with Crippen molar-refractivity contribution < 1.29 is 28.7 Å². The summed E-state index contributed by atoms with van der Waals surface area (Å²) in [6.07, 6.45) is 0.839. The molecule has 1 saturated heterocycles. The van der Waals surface area contributed by atoms with Crippen molar-refractivity contribution in [2.24, 2.45) is 0 Å². The highest BCUT2D eigenvalue weighted by Gasteiger charge is 2.37. The largest absolute Gasteiger partial charge is 0.469 e. The van der Waals surface area contributed by atoms with Gasteiger partial charge in [-0.1, -0.05) is 12.2 Å². The molecule has 1 fully saturated rings. The van der Waals surface area contributed by atoms with E-state index in [1.165, 1.54) is 12.7 Å². The molecule has 0 bridgehead atoms. The highest BCUT2D eigenvalue weighted by molar-refractivity contribution is 7.71. The third-order valence-corrected chi connectivity index (χ3v) is 4.08. The highest BCUT2D eigenvalue weighted by atomic mass is 32.1. The van der Waals surface area contributed by atoms with E-state index in [0.29, 0.717) is 15.8 Å². The van der Waals surface area contributed by atoms with Gasteiger partial charge in [-0.25, -0.2) is 14.5 Å². The summed E-state index contributed by atoms with van der Waals surface area (Å²) in [6.45, 7) is -0.411. The number of aliphatic hydroxyl groups is 1. The van der Waals surface area contributed by atoms with Crippen LogP contribution in [0.4, 0.5) is 0 Å². The van der Waals surface area contributed by atoms with Crippen LogP contribution in [0.2, 0.25) is 0 Å². The average molecular weight is 348 g/mol. The van der Waals surface area contributed by atoms with E-state index in [0.717, 1.165) is 0 Å². The van der Waals surface area contributed by atoms with Gasteiger partial charge in [0.15, 0.2) is 4.64 Å². The van der Waals surface area contributed by atoms with Crippen LogP contribution in [0.15, 0.2) is 12.7 Å². The van der Waals surface area contributed by atoms with Crippen LogP contribution in [0.25, 0.3) is 11.2 Å². The highest BCUT2D eigenvalue weighted by Crippen LogP contribution is 2.38. The molecule has 22 heavy (non-hydrogen) atoms. The average Bonchev–Trinajstić information content (AvgIpc) is 3.00. The molecule has 0 saturated carbocycles. The van der Waals surface area contributed by atoms with E-state index < -0.39 is 32.9 Å². The minimum atomic E-state index is -4.61. The Bertz CT molecular complexity index is 787. The maximum Gasteiger partial charge on any atom is 0.469 e. The molecule has 3 atom stereocenters. The Morgan fingerprint density at radius 3 is 3.05 bits per heavy atom. The van der Waals surface area contributed by atoms with E-state index in [1.54, 1.807) is 4.57 Å². The summed E-state index contributed by atoms with van der Waals surface area (Å²) in [5.74, 6) is 0. The van der Waals surface area contributed by atoms with Gasteiger partial charge in [0.1, 0.15) is 23.5 Å². The van der Waals surface area contributed by atoms with Gasteiger partial charge >= 0.3 is 7.82 Å². The molecule has 0 unspecified atom stereocenters. The van der Waals surface area contributed by atoms with Gasteiger partial charge in [-0.15, -0.1) is 0 Å². The third-order valence-electron chi connectivity index (χ3n) is 3.30. The van der Waals surface area contributed by atoms with Gasteiger partial charge in [-0.2, -0.15) is 0 Å². The standard InChI is InChI=1S/C10H13N4O6PS/c15-5-1-7(20-6(5)2-19-21(16,17)18)14-4-13-8-9(14)11-3-12-10(8)22/h3-7,15H,1-2H2,(H,11,12,22)(H2,16,17,18)/t5-,6+,7+/m0/s1. The molecule has 0 aromatic carbocycles. The Balaban J connectivity index is 1.80. The van der Waals surface area contributed by atoms with Gasteiger partial charge in [0.2, 0.25) is 0 Å². The molecule has 120 valence electrons. The van der Waals surface area contributed by atoms with E-state index in [1.807, 2.05) is 0 Å². The molecule has 1 aliphatic heterocycles. The molecule has 0 radical (unpaired) electrons. The second-order valence-corrected chi connectivity index (χ2v) is 6.40. The summed E-state index contributed by atoms with van der Waals surface area (Å²) in [5.41, 5.74) is 1.10. The van der Waals surface area contributed by atoms with E-state index in [-0.39, 0.29) is 6.42 Å². The Morgan fingerprint density at radius 1 is 1.55 bits per heavy atom.